The Bertz CT molecular complexity index is 746. The summed E-state index contributed by atoms with van der Waals surface area (Å²) in [6.45, 7) is 9.54. The first kappa shape index (κ1) is 32.9. The molecule has 1 aromatic carbocycles. The van der Waals surface area contributed by atoms with Gasteiger partial charge in [0.05, 0.1) is 13.2 Å². The number of hydrogen-bond acceptors (Lipinski definition) is 5. The number of carboxylic acid groups (broad SMARTS) is 1. The van der Waals surface area contributed by atoms with Crippen molar-refractivity contribution in [3.05, 3.63) is 11.1 Å². The number of hydrogen-bond donors (Lipinski definition) is 2. The van der Waals surface area contributed by atoms with Gasteiger partial charge in [0.15, 0.2) is 11.5 Å². The number of ether oxygens (including phenoxy) is 3. The normalized spacial score (nSPS) is 11.0. The van der Waals surface area contributed by atoms with Crippen LogP contribution in [-0.4, -0.2) is 29.6 Å². The lowest BCUT2D eigenvalue weighted by Crippen LogP contribution is -2.12. The Labute approximate surface area is 226 Å². The molecule has 1 rings (SSSR count). The molecule has 0 aromatic heterocycles. The summed E-state index contributed by atoms with van der Waals surface area (Å²) in [6, 6.07) is 0. The molecule has 214 valence electrons. The van der Waals surface area contributed by atoms with E-state index in [4.69, 9.17) is 14.2 Å². The highest BCUT2D eigenvalue weighted by molar-refractivity contribution is 5.71. The van der Waals surface area contributed by atoms with Crippen molar-refractivity contribution in [3.8, 4) is 23.0 Å². The molecule has 0 spiro atoms. The lowest BCUT2D eigenvalue weighted by molar-refractivity contribution is 0.141. The summed E-state index contributed by atoms with van der Waals surface area (Å²) in [7, 11) is 0. The molecule has 6 heteroatoms. The molecule has 0 radical (unpaired) electrons. The summed E-state index contributed by atoms with van der Waals surface area (Å²) in [5.74, 6) is 0.529. The van der Waals surface area contributed by atoms with E-state index < -0.39 is 6.16 Å². The van der Waals surface area contributed by atoms with Gasteiger partial charge in [-0.15, -0.1) is 0 Å². The maximum atomic E-state index is 11.5. The minimum Gasteiger partial charge on any atom is -0.502 e. The monoisotopic (exact) mass is 522 g/mol. The second-order valence-electron chi connectivity index (χ2n) is 10.1. The minimum absolute atomic E-state index is 0.00404. The van der Waals surface area contributed by atoms with Crippen molar-refractivity contribution in [2.45, 2.75) is 143 Å². The largest absolute Gasteiger partial charge is 0.511 e. The molecule has 0 amide bonds. The first-order chi connectivity index (χ1) is 18.0. The molecule has 37 heavy (non-hydrogen) atoms. The number of rotatable bonds is 23. The fraction of sp³-hybridized carbons (Fsp3) is 0.774. The predicted octanol–water partition coefficient (Wildman–Crippen LogP) is 9.61. The van der Waals surface area contributed by atoms with Crippen LogP contribution in [0.15, 0.2) is 0 Å². The Balaban J connectivity index is 3.07. The Morgan fingerprint density at radius 1 is 0.568 bits per heavy atom. The molecule has 0 fully saturated rings. The van der Waals surface area contributed by atoms with E-state index in [0.717, 1.165) is 44.1 Å². The Hall–Kier alpha value is -2.11. The van der Waals surface area contributed by atoms with E-state index in [-0.39, 0.29) is 17.2 Å². The van der Waals surface area contributed by atoms with Crippen LogP contribution in [0.2, 0.25) is 0 Å². The van der Waals surface area contributed by atoms with Gasteiger partial charge >= 0.3 is 6.16 Å². The topological polar surface area (TPSA) is 85.2 Å². The number of phenolic OH excluding ortho intramolecular Hbond substituents is 1. The summed E-state index contributed by atoms with van der Waals surface area (Å²) in [5.41, 5.74) is 1.61. The number of benzene rings is 1. The van der Waals surface area contributed by atoms with Gasteiger partial charge in [-0.3, -0.25) is 0 Å². The van der Waals surface area contributed by atoms with Crippen LogP contribution in [0.1, 0.15) is 142 Å². The summed E-state index contributed by atoms with van der Waals surface area (Å²) in [6.07, 6.45) is 17.9. The van der Waals surface area contributed by atoms with Crippen molar-refractivity contribution in [3.63, 3.8) is 0 Å². The predicted molar refractivity (Wildman–Crippen MR) is 152 cm³/mol. The molecule has 0 unspecified atom stereocenters. The number of aromatic hydroxyl groups is 1. The van der Waals surface area contributed by atoms with E-state index in [1.807, 2.05) is 6.92 Å². The van der Waals surface area contributed by atoms with Crippen LogP contribution in [0.3, 0.4) is 0 Å². The van der Waals surface area contributed by atoms with E-state index in [9.17, 15) is 15.0 Å². The smallest absolute Gasteiger partial charge is 0.502 e. The fourth-order valence-electron chi connectivity index (χ4n) is 4.74. The van der Waals surface area contributed by atoms with Gasteiger partial charge in [0.25, 0.3) is 0 Å². The number of phenols is 1. The van der Waals surface area contributed by atoms with Gasteiger partial charge in [-0.25, -0.2) is 4.79 Å². The van der Waals surface area contributed by atoms with Crippen LogP contribution in [-0.2, 0) is 12.8 Å². The average molecular weight is 523 g/mol. The van der Waals surface area contributed by atoms with Crippen molar-refractivity contribution < 1.29 is 29.2 Å². The van der Waals surface area contributed by atoms with Crippen molar-refractivity contribution in [2.75, 3.05) is 13.2 Å². The third kappa shape index (κ3) is 12.8. The maximum Gasteiger partial charge on any atom is 0.511 e. The zero-order valence-corrected chi connectivity index (χ0v) is 24.2. The van der Waals surface area contributed by atoms with Gasteiger partial charge in [0, 0.05) is 11.1 Å². The first-order valence-electron chi connectivity index (χ1n) is 15.1. The van der Waals surface area contributed by atoms with Gasteiger partial charge in [-0.1, -0.05) is 118 Å². The minimum atomic E-state index is -1.44. The Kier molecular flexibility index (Phi) is 18.6. The second kappa shape index (κ2) is 20.9. The van der Waals surface area contributed by atoms with E-state index in [0.29, 0.717) is 37.4 Å². The van der Waals surface area contributed by atoms with Crippen LogP contribution < -0.4 is 14.2 Å². The van der Waals surface area contributed by atoms with Crippen LogP contribution in [0.5, 0.6) is 23.0 Å². The molecule has 0 saturated carbocycles. The quantitative estimate of drug-likeness (QED) is 0.0845. The van der Waals surface area contributed by atoms with Gasteiger partial charge in [-0.05, 0) is 25.7 Å². The van der Waals surface area contributed by atoms with Gasteiger partial charge in [-0.2, -0.15) is 0 Å². The molecule has 0 aliphatic rings. The van der Waals surface area contributed by atoms with E-state index in [1.165, 1.54) is 64.2 Å². The van der Waals surface area contributed by atoms with Gasteiger partial charge < -0.3 is 24.4 Å². The molecule has 0 aliphatic carbocycles. The third-order valence-corrected chi connectivity index (χ3v) is 6.73. The highest BCUT2D eigenvalue weighted by Crippen LogP contribution is 2.50. The van der Waals surface area contributed by atoms with Gasteiger partial charge in [0.1, 0.15) is 0 Å². The fourth-order valence-corrected chi connectivity index (χ4v) is 4.74. The lowest BCUT2D eigenvalue weighted by Gasteiger charge is -2.23. The standard InChI is InChI=1S/C31H54O6/c1-5-9-11-13-15-17-19-23-35-29-26(22-8-4)25(21-7-3)28(37-31(33)34)27(32)30(29)36-24-20-18-16-14-12-10-6-2/h32H,5-24H2,1-4H3,(H,33,34). The van der Waals surface area contributed by atoms with Crippen LogP contribution >= 0.6 is 0 Å². The molecule has 0 heterocycles. The van der Waals surface area contributed by atoms with E-state index in [2.05, 4.69) is 20.8 Å². The Morgan fingerprint density at radius 3 is 1.41 bits per heavy atom. The second-order valence-corrected chi connectivity index (χ2v) is 10.1. The van der Waals surface area contributed by atoms with E-state index in [1.54, 1.807) is 0 Å². The van der Waals surface area contributed by atoms with Crippen molar-refractivity contribution in [1.29, 1.82) is 0 Å². The summed E-state index contributed by atoms with van der Waals surface area (Å²) in [4.78, 5) is 11.5. The van der Waals surface area contributed by atoms with Crippen molar-refractivity contribution in [1.82, 2.24) is 0 Å². The van der Waals surface area contributed by atoms with Crippen LogP contribution in [0.25, 0.3) is 0 Å². The zero-order chi connectivity index (χ0) is 27.3. The Morgan fingerprint density at radius 2 is 0.973 bits per heavy atom. The first-order valence-corrected chi connectivity index (χ1v) is 15.1. The maximum absolute atomic E-state index is 11.5. The van der Waals surface area contributed by atoms with E-state index >= 15 is 0 Å². The zero-order valence-electron chi connectivity index (χ0n) is 24.2. The highest BCUT2D eigenvalue weighted by Gasteiger charge is 2.28. The van der Waals surface area contributed by atoms with Crippen molar-refractivity contribution >= 4 is 6.16 Å². The highest BCUT2D eigenvalue weighted by atomic mass is 16.7. The molecule has 0 saturated heterocycles. The molecule has 0 atom stereocenters. The molecular weight excluding hydrogens is 468 g/mol. The molecule has 0 bridgehead atoms. The molecule has 6 nitrogen and oxygen atoms in total. The van der Waals surface area contributed by atoms with Crippen LogP contribution in [0, 0.1) is 0 Å². The third-order valence-electron chi connectivity index (χ3n) is 6.73. The lowest BCUT2D eigenvalue weighted by atomic mass is 9.96. The summed E-state index contributed by atoms with van der Waals surface area (Å²) < 4.78 is 17.5. The molecule has 2 N–H and O–H groups in total. The van der Waals surface area contributed by atoms with Crippen molar-refractivity contribution in [2.24, 2.45) is 0 Å². The molecule has 0 aliphatic heterocycles. The molecular formula is C31H54O6. The SMILES string of the molecule is CCCCCCCCCOc1c(O)c(OC(=O)O)c(CCC)c(CCC)c1OCCCCCCCCC. The molecule has 1 aromatic rings. The summed E-state index contributed by atoms with van der Waals surface area (Å²) in [5, 5.41) is 20.5. The van der Waals surface area contributed by atoms with Crippen LogP contribution in [0.4, 0.5) is 4.79 Å². The number of carbonyl (C=O) groups is 1. The average Bonchev–Trinajstić information content (AvgIpc) is 2.87. The number of unbranched alkanes of at least 4 members (excludes halogenated alkanes) is 12. The summed E-state index contributed by atoms with van der Waals surface area (Å²) >= 11 is 0. The van der Waals surface area contributed by atoms with Gasteiger partial charge in [0.2, 0.25) is 11.5 Å².